The zero-order chi connectivity index (χ0) is 12.7. The molecule has 0 radical (unpaired) electrons. The van der Waals surface area contributed by atoms with Crippen molar-refractivity contribution in [2.45, 2.75) is 45.8 Å². The van der Waals surface area contributed by atoms with Crippen LogP contribution in [0.5, 0.6) is 0 Å². The minimum atomic E-state index is -1.68. The summed E-state index contributed by atoms with van der Waals surface area (Å²) in [6, 6.07) is 0. The Morgan fingerprint density at radius 3 is 1.40 bits per heavy atom. The smallest absolute Gasteiger partial charge is 0.519 e. The summed E-state index contributed by atoms with van der Waals surface area (Å²) in [5.74, 6) is 0. The topological polar surface area (TPSA) is 90.2 Å². The SMILES string of the molecule is CC(C)(O)C(C)(C)O.CC=COB(O)O. The molecule has 0 saturated carbocycles. The molecule has 4 N–H and O–H groups in total. The first-order chi connectivity index (χ1) is 6.52. The lowest BCUT2D eigenvalue weighted by Gasteiger charge is -2.31. The lowest BCUT2D eigenvalue weighted by Crippen LogP contribution is -2.44. The predicted octanol–water partition coefficient (Wildman–Crippen LogP) is 0.0343. The Balaban J connectivity index is 0. The second-order valence-corrected chi connectivity index (χ2v) is 4.05. The van der Waals surface area contributed by atoms with Gasteiger partial charge in [0.05, 0.1) is 17.5 Å². The van der Waals surface area contributed by atoms with Gasteiger partial charge in [-0.1, -0.05) is 6.08 Å². The van der Waals surface area contributed by atoms with Crippen molar-refractivity contribution >= 4 is 7.32 Å². The Labute approximate surface area is 91.2 Å². The van der Waals surface area contributed by atoms with E-state index in [4.69, 9.17) is 20.3 Å². The maximum Gasteiger partial charge on any atom is 0.707 e. The summed E-state index contributed by atoms with van der Waals surface area (Å²) in [5, 5.41) is 34.1. The van der Waals surface area contributed by atoms with Gasteiger partial charge in [-0.15, -0.1) is 0 Å². The molecule has 15 heavy (non-hydrogen) atoms. The van der Waals surface area contributed by atoms with E-state index in [9.17, 15) is 0 Å². The number of allylic oxidation sites excluding steroid dienone is 1. The van der Waals surface area contributed by atoms with Gasteiger partial charge in [0.15, 0.2) is 0 Å². The molecule has 0 saturated heterocycles. The van der Waals surface area contributed by atoms with Crippen LogP contribution in [-0.2, 0) is 4.65 Å². The minimum absolute atomic E-state index is 1.01. The molecule has 0 aromatic carbocycles. The van der Waals surface area contributed by atoms with E-state index in [0.29, 0.717) is 0 Å². The van der Waals surface area contributed by atoms with Crippen LogP contribution in [0.25, 0.3) is 0 Å². The predicted molar refractivity (Wildman–Crippen MR) is 58.7 cm³/mol. The molecular formula is C9H21BO5. The maximum absolute atomic E-state index is 9.10. The molecule has 0 fully saturated rings. The third-order valence-corrected chi connectivity index (χ3v) is 1.83. The van der Waals surface area contributed by atoms with Crippen molar-refractivity contribution < 1.29 is 24.9 Å². The van der Waals surface area contributed by atoms with Gasteiger partial charge in [0.2, 0.25) is 0 Å². The lowest BCUT2D eigenvalue weighted by atomic mass is 9.90. The summed E-state index contributed by atoms with van der Waals surface area (Å²) in [7, 11) is -1.68. The van der Waals surface area contributed by atoms with Crippen molar-refractivity contribution in [2.24, 2.45) is 0 Å². The lowest BCUT2D eigenvalue weighted by molar-refractivity contribution is -0.107. The molecule has 0 aliphatic carbocycles. The van der Waals surface area contributed by atoms with Gasteiger partial charge in [-0.3, -0.25) is 0 Å². The Kier molecular flexibility index (Phi) is 7.69. The van der Waals surface area contributed by atoms with Gasteiger partial charge >= 0.3 is 7.32 Å². The first kappa shape index (κ1) is 16.9. The van der Waals surface area contributed by atoms with E-state index in [0.717, 1.165) is 0 Å². The number of hydrogen-bond acceptors (Lipinski definition) is 5. The summed E-state index contributed by atoms with van der Waals surface area (Å²) >= 11 is 0. The number of hydrogen-bond donors (Lipinski definition) is 4. The van der Waals surface area contributed by atoms with Gasteiger partial charge in [-0.25, -0.2) is 0 Å². The fraction of sp³-hybridized carbons (Fsp3) is 0.778. The molecule has 0 atom stereocenters. The van der Waals surface area contributed by atoms with Crippen molar-refractivity contribution in [3.63, 3.8) is 0 Å². The highest BCUT2D eigenvalue weighted by atomic mass is 16.6. The van der Waals surface area contributed by atoms with E-state index in [2.05, 4.69) is 4.65 Å². The third kappa shape index (κ3) is 11.4. The van der Waals surface area contributed by atoms with Gasteiger partial charge in [-0.2, -0.15) is 0 Å². The molecule has 0 heterocycles. The zero-order valence-electron chi connectivity index (χ0n) is 9.93. The van der Waals surface area contributed by atoms with Gasteiger partial charge in [0.25, 0.3) is 0 Å². The summed E-state index contributed by atoms with van der Waals surface area (Å²) < 4.78 is 4.12. The normalized spacial score (nSPS) is 12.1. The minimum Gasteiger partial charge on any atom is -0.519 e. The molecule has 0 bridgehead atoms. The van der Waals surface area contributed by atoms with E-state index in [1.54, 1.807) is 40.7 Å². The monoisotopic (exact) mass is 220 g/mol. The van der Waals surface area contributed by atoms with Crippen LogP contribution in [0.1, 0.15) is 34.6 Å². The molecule has 0 unspecified atom stereocenters. The molecule has 0 spiro atoms. The average Bonchev–Trinajstić information content (AvgIpc) is 1.98. The maximum atomic E-state index is 9.10. The van der Waals surface area contributed by atoms with E-state index in [1.165, 1.54) is 6.26 Å². The van der Waals surface area contributed by atoms with Gasteiger partial charge < -0.3 is 24.9 Å². The van der Waals surface area contributed by atoms with Crippen LogP contribution in [-0.4, -0.2) is 38.8 Å². The first-order valence-corrected chi connectivity index (χ1v) is 4.60. The fourth-order valence-electron chi connectivity index (χ4n) is 0.149. The molecule has 0 rings (SSSR count). The van der Waals surface area contributed by atoms with Crippen molar-refractivity contribution in [3.05, 3.63) is 12.3 Å². The van der Waals surface area contributed by atoms with Crippen molar-refractivity contribution in [1.29, 1.82) is 0 Å². The van der Waals surface area contributed by atoms with Gasteiger partial charge in [0, 0.05) is 0 Å². The van der Waals surface area contributed by atoms with Crippen LogP contribution >= 0.6 is 0 Å². The van der Waals surface area contributed by atoms with Gasteiger partial charge in [0.1, 0.15) is 0 Å². The van der Waals surface area contributed by atoms with E-state index in [1.807, 2.05) is 0 Å². The summed E-state index contributed by atoms with van der Waals surface area (Å²) in [6.07, 6.45) is 2.75. The third-order valence-electron chi connectivity index (χ3n) is 1.83. The molecule has 0 aliphatic rings. The molecule has 0 aromatic rings. The van der Waals surface area contributed by atoms with E-state index < -0.39 is 18.5 Å². The average molecular weight is 220 g/mol. The summed E-state index contributed by atoms with van der Waals surface area (Å²) in [5.41, 5.74) is -2.01. The van der Waals surface area contributed by atoms with Gasteiger partial charge in [-0.05, 0) is 34.6 Å². The number of aliphatic hydroxyl groups is 2. The molecule has 5 nitrogen and oxygen atoms in total. The standard InChI is InChI=1S/C6H14O2.C3H7BO3/c1-5(2,7)6(3,4)8;1-2-3-7-4(5)6/h7-8H,1-4H3;2-3,5-6H,1H3. The molecule has 90 valence electrons. The second kappa shape index (κ2) is 6.84. The first-order valence-electron chi connectivity index (χ1n) is 4.60. The van der Waals surface area contributed by atoms with Crippen LogP contribution in [0.4, 0.5) is 0 Å². The molecule has 6 heteroatoms. The second-order valence-electron chi connectivity index (χ2n) is 4.05. The van der Waals surface area contributed by atoms with Crippen LogP contribution in [0.2, 0.25) is 0 Å². The molecule has 0 amide bonds. The van der Waals surface area contributed by atoms with E-state index >= 15 is 0 Å². The molecular weight excluding hydrogens is 199 g/mol. The quantitative estimate of drug-likeness (QED) is 0.398. The highest BCUT2D eigenvalue weighted by molar-refractivity contribution is 6.32. The highest BCUT2D eigenvalue weighted by Gasteiger charge is 2.31. The van der Waals surface area contributed by atoms with Crippen molar-refractivity contribution in [2.75, 3.05) is 0 Å². The Bertz CT molecular complexity index is 166. The fourth-order valence-corrected chi connectivity index (χ4v) is 0.149. The van der Waals surface area contributed by atoms with E-state index in [-0.39, 0.29) is 0 Å². The largest absolute Gasteiger partial charge is 0.707 e. The molecule has 0 aliphatic heterocycles. The summed E-state index contributed by atoms with van der Waals surface area (Å²) in [6.45, 7) is 8.02. The number of rotatable bonds is 3. The Hall–Kier alpha value is -0.555. The van der Waals surface area contributed by atoms with Crippen molar-refractivity contribution in [3.8, 4) is 0 Å². The zero-order valence-corrected chi connectivity index (χ0v) is 9.93. The van der Waals surface area contributed by atoms with Crippen molar-refractivity contribution in [1.82, 2.24) is 0 Å². The van der Waals surface area contributed by atoms with Crippen LogP contribution in [0.3, 0.4) is 0 Å². The Morgan fingerprint density at radius 1 is 1.00 bits per heavy atom. The summed E-state index contributed by atoms with van der Waals surface area (Å²) in [4.78, 5) is 0. The van der Waals surface area contributed by atoms with Crippen LogP contribution in [0, 0.1) is 0 Å². The molecule has 0 aromatic heterocycles. The Morgan fingerprint density at radius 2 is 1.33 bits per heavy atom. The highest BCUT2D eigenvalue weighted by Crippen LogP contribution is 2.19. The van der Waals surface area contributed by atoms with Crippen LogP contribution in [0.15, 0.2) is 12.3 Å². The van der Waals surface area contributed by atoms with Crippen LogP contribution < -0.4 is 0 Å².